The number of aliphatic hydroxyl groups excluding tert-OH is 1. The number of hydrogen-bond acceptors (Lipinski definition) is 12. The molecule has 17 heteroatoms. The largest absolute Gasteiger partial charge is 0.489 e. The van der Waals surface area contributed by atoms with Crippen LogP contribution in [0.15, 0.2) is 55.1 Å². The topological polar surface area (TPSA) is 218 Å². The number of fused-ring (bicyclic) bond motifs is 1. The first-order valence-electron chi connectivity index (χ1n) is 14.6. The van der Waals surface area contributed by atoms with Gasteiger partial charge in [0, 0.05) is 15.6 Å². The molecule has 2 aromatic heterocycles. The van der Waals surface area contributed by atoms with Gasteiger partial charge in [0.15, 0.2) is 23.8 Å². The number of carbonyl (C=O) groups excluding carboxylic acids is 2. The second-order valence-electron chi connectivity index (χ2n) is 12.0. The first-order chi connectivity index (χ1) is 22.7. The van der Waals surface area contributed by atoms with Crippen molar-refractivity contribution in [1.29, 1.82) is 0 Å². The number of halogens is 2. The minimum atomic E-state index is -1.88. The molecule has 0 bridgehead atoms. The zero-order valence-corrected chi connectivity index (χ0v) is 27.5. The molecule has 0 aliphatic carbocycles. The molecule has 6 N–H and O–H groups in total. The molecule has 0 spiro atoms. The van der Waals surface area contributed by atoms with Crippen molar-refractivity contribution >= 4 is 58.2 Å². The van der Waals surface area contributed by atoms with Crippen LogP contribution in [0.5, 0.6) is 5.75 Å². The third-order valence-electron chi connectivity index (χ3n) is 7.41. The number of hydrogen-bond donors (Lipinski definition) is 4. The molecule has 1 fully saturated rings. The van der Waals surface area contributed by atoms with Crippen LogP contribution in [-0.4, -0.2) is 82.5 Å². The number of carbonyl (C=O) groups is 3. The highest BCUT2D eigenvalue weighted by atomic mass is 35.5. The highest BCUT2D eigenvalue weighted by Crippen LogP contribution is 2.36. The average Bonchev–Trinajstić information content (AvgIpc) is 3.59. The highest BCUT2D eigenvalue weighted by Gasteiger charge is 2.55. The maximum atomic E-state index is 14.0. The Morgan fingerprint density at radius 1 is 1.08 bits per heavy atom. The van der Waals surface area contributed by atoms with E-state index in [1.807, 2.05) is 0 Å². The van der Waals surface area contributed by atoms with Gasteiger partial charge in [-0.25, -0.2) is 29.4 Å². The number of aliphatic carboxylic acids is 1. The molecule has 254 valence electrons. The monoisotopic (exact) mass is 701 g/mol. The van der Waals surface area contributed by atoms with Crippen LogP contribution in [0, 0.1) is 0 Å². The summed E-state index contributed by atoms with van der Waals surface area (Å²) in [6, 6.07) is 8.68. The van der Waals surface area contributed by atoms with Gasteiger partial charge in [-0.1, -0.05) is 41.4 Å². The first kappa shape index (κ1) is 34.8. The number of aromatic nitrogens is 4. The van der Waals surface area contributed by atoms with Crippen LogP contribution in [-0.2, 0) is 32.1 Å². The summed E-state index contributed by atoms with van der Waals surface area (Å²) in [5, 5.41) is 22.6. The molecule has 5 atom stereocenters. The molecule has 0 saturated carbocycles. The van der Waals surface area contributed by atoms with Crippen molar-refractivity contribution in [3.05, 3.63) is 76.3 Å². The molecule has 2 aromatic carbocycles. The van der Waals surface area contributed by atoms with Crippen molar-refractivity contribution in [3.8, 4) is 5.75 Å². The van der Waals surface area contributed by atoms with Crippen molar-refractivity contribution in [2.45, 2.75) is 69.9 Å². The first-order valence-corrected chi connectivity index (χ1v) is 15.4. The van der Waals surface area contributed by atoms with Gasteiger partial charge in [0.25, 0.3) is 0 Å². The van der Waals surface area contributed by atoms with Crippen LogP contribution in [0.1, 0.15) is 38.1 Å². The molecule has 1 saturated heterocycles. The van der Waals surface area contributed by atoms with E-state index >= 15 is 0 Å². The number of ether oxygens (including phenoxy) is 3. The zero-order valence-electron chi connectivity index (χ0n) is 26.0. The second kappa shape index (κ2) is 13.9. The molecule has 15 nitrogen and oxygen atoms in total. The Morgan fingerprint density at radius 2 is 1.75 bits per heavy atom. The van der Waals surface area contributed by atoms with Crippen LogP contribution < -0.4 is 16.2 Å². The SMILES string of the molecule is CC(C)(C)OC(=O)N(C(=O)[C@@H](N)Cc1ccc(OCc2c(Cl)cccc2Cl)cc1)[C@H]1[C@@H](O)[C@H](n2cnc3c(N)ncnc32)O[C@@H]1C(=O)O. The molecule has 5 rings (SSSR count). The quantitative estimate of drug-likeness (QED) is 0.197. The van der Waals surface area contributed by atoms with E-state index in [0.29, 0.717) is 31.8 Å². The van der Waals surface area contributed by atoms with Crippen LogP contribution in [0.25, 0.3) is 11.2 Å². The summed E-state index contributed by atoms with van der Waals surface area (Å²) in [7, 11) is 0. The summed E-state index contributed by atoms with van der Waals surface area (Å²) in [5.41, 5.74) is 12.6. The lowest BCUT2D eigenvalue weighted by molar-refractivity contribution is -0.154. The van der Waals surface area contributed by atoms with Gasteiger partial charge in [0.05, 0.1) is 12.4 Å². The minimum absolute atomic E-state index is 0.0405. The van der Waals surface area contributed by atoms with E-state index < -0.39 is 54.1 Å². The van der Waals surface area contributed by atoms with E-state index in [0.717, 1.165) is 6.33 Å². The van der Waals surface area contributed by atoms with Gasteiger partial charge < -0.3 is 35.9 Å². The number of carboxylic acids is 1. The molecule has 4 aromatic rings. The molecule has 3 heterocycles. The van der Waals surface area contributed by atoms with Gasteiger partial charge in [-0.2, -0.15) is 0 Å². The summed E-state index contributed by atoms with van der Waals surface area (Å²) in [5.74, 6) is -2.02. The standard InChI is InChI=1S/C31H33Cl2N7O8/c1-31(2,3)48-30(45)40(22-23(41)28(47-24(22)29(43)44)39-14-38-21-25(35)36-13-37-26(21)39)27(42)20(34)11-15-7-9-16(10-8-15)46-12-17-18(32)5-4-6-19(17)33/h4-10,13-14,20,22-24,28,41H,11-12,34H2,1-3H3,(H,43,44)(H2,35,36,37)/t20-,22-,23+,24-,28+/m0/s1. The lowest BCUT2D eigenvalue weighted by atomic mass is 10.0. The summed E-state index contributed by atoms with van der Waals surface area (Å²) in [4.78, 5) is 52.6. The van der Waals surface area contributed by atoms with E-state index in [1.165, 1.54) is 10.9 Å². The summed E-state index contributed by atoms with van der Waals surface area (Å²) in [6.07, 6.45) is -4.01. The smallest absolute Gasteiger partial charge is 0.417 e. The molecule has 48 heavy (non-hydrogen) atoms. The Balaban J connectivity index is 1.39. The summed E-state index contributed by atoms with van der Waals surface area (Å²) in [6.45, 7) is 4.82. The van der Waals surface area contributed by atoms with E-state index in [2.05, 4.69) is 15.0 Å². The predicted molar refractivity (Wildman–Crippen MR) is 173 cm³/mol. The Hall–Kier alpha value is -4.54. The molecule has 2 amide bonds. The van der Waals surface area contributed by atoms with Crippen molar-refractivity contribution in [2.24, 2.45) is 5.73 Å². The Kier molecular flexibility index (Phi) is 10.1. The van der Waals surface area contributed by atoms with Crippen LogP contribution in [0.3, 0.4) is 0 Å². The van der Waals surface area contributed by atoms with Gasteiger partial charge in [0.1, 0.15) is 41.9 Å². The number of nitrogen functional groups attached to an aromatic ring is 1. The normalized spacial score (nSPS) is 20.0. The fourth-order valence-electron chi connectivity index (χ4n) is 5.17. The summed E-state index contributed by atoms with van der Waals surface area (Å²) < 4.78 is 18.3. The summed E-state index contributed by atoms with van der Waals surface area (Å²) >= 11 is 12.4. The minimum Gasteiger partial charge on any atom is -0.489 e. The Morgan fingerprint density at radius 3 is 2.38 bits per heavy atom. The number of aliphatic hydroxyl groups is 1. The number of anilines is 1. The molecular formula is C31H33Cl2N7O8. The fourth-order valence-corrected chi connectivity index (χ4v) is 5.68. The van der Waals surface area contributed by atoms with E-state index in [1.54, 1.807) is 63.2 Å². The lowest BCUT2D eigenvalue weighted by Gasteiger charge is -2.34. The molecule has 0 radical (unpaired) electrons. The van der Waals surface area contributed by atoms with Crippen molar-refractivity contribution in [1.82, 2.24) is 24.4 Å². The number of nitrogens with two attached hydrogens (primary N) is 2. The van der Waals surface area contributed by atoms with Gasteiger partial charge in [-0.3, -0.25) is 9.36 Å². The maximum absolute atomic E-state index is 14.0. The fraction of sp³-hybridized carbons (Fsp3) is 0.355. The van der Waals surface area contributed by atoms with Crippen molar-refractivity contribution in [3.63, 3.8) is 0 Å². The molecular weight excluding hydrogens is 669 g/mol. The van der Waals surface area contributed by atoms with Crippen molar-refractivity contribution < 1.29 is 38.8 Å². The maximum Gasteiger partial charge on any atom is 0.417 e. The van der Waals surface area contributed by atoms with Crippen LogP contribution in [0.4, 0.5) is 10.6 Å². The van der Waals surface area contributed by atoms with Crippen LogP contribution >= 0.6 is 23.2 Å². The third-order valence-corrected chi connectivity index (χ3v) is 8.12. The number of imide groups is 1. The van der Waals surface area contributed by atoms with Gasteiger partial charge in [0.2, 0.25) is 5.91 Å². The van der Waals surface area contributed by atoms with Gasteiger partial charge >= 0.3 is 12.1 Å². The Bertz CT molecular complexity index is 1810. The number of nitrogens with zero attached hydrogens (tertiary/aromatic N) is 5. The van der Waals surface area contributed by atoms with E-state index in [-0.39, 0.29) is 30.0 Å². The average molecular weight is 703 g/mol. The van der Waals surface area contributed by atoms with E-state index in [9.17, 15) is 24.6 Å². The predicted octanol–water partition coefficient (Wildman–Crippen LogP) is 3.34. The molecule has 1 aliphatic rings. The van der Waals surface area contributed by atoms with Crippen molar-refractivity contribution in [2.75, 3.05) is 5.73 Å². The number of benzene rings is 2. The molecule has 1 aliphatic heterocycles. The lowest BCUT2D eigenvalue weighted by Crippen LogP contribution is -2.59. The number of amides is 2. The molecule has 0 unspecified atom stereocenters. The van der Waals surface area contributed by atoms with Gasteiger partial charge in [-0.15, -0.1) is 0 Å². The third kappa shape index (κ3) is 7.29. The Labute approximate surface area is 284 Å². The van der Waals surface area contributed by atoms with Gasteiger partial charge in [-0.05, 0) is 57.0 Å². The van der Waals surface area contributed by atoms with E-state index in [4.69, 9.17) is 48.9 Å². The number of rotatable bonds is 9. The zero-order chi connectivity index (χ0) is 34.9. The number of imidazole rings is 1. The highest BCUT2D eigenvalue weighted by molar-refractivity contribution is 6.35. The number of carboxylic acid groups (broad SMARTS) is 1. The second-order valence-corrected chi connectivity index (χ2v) is 12.8. The van der Waals surface area contributed by atoms with Crippen LogP contribution in [0.2, 0.25) is 10.0 Å².